The Balaban J connectivity index is 2.67. The minimum atomic E-state index is -0.345. The van der Waals surface area contributed by atoms with E-state index in [1.807, 2.05) is 0 Å². The number of likely N-dealkylation sites (N-methyl/N-ethyl adjacent to an activating group) is 1. The zero-order chi connectivity index (χ0) is 10.6. The van der Waals surface area contributed by atoms with Gasteiger partial charge in [-0.25, -0.2) is 0 Å². The van der Waals surface area contributed by atoms with E-state index in [0.717, 1.165) is 0 Å². The lowest BCUT2D eigenvalue weighted by Crippen LogP contribution is -2.22. The molecule has 0 amide bonds. The van der Waals surface area contributed by atoms with E-state index in [1.165, 1.54) is 0 Å². The van der Waals surface area contributed by atoms with Crippen LogP contribution in [-0.4, -0.2) is 41.2 Å². The number of rotatable bonds is 5. The molecule has 0 aliphatic heterocycles. The lowest BCUT2D eigenvalue weighted by molar-refractivity contribution is 0.302. The molecular weight excluding hydrogens is 204 g/mol. The van der Waals surface area contributed by atoms with Gasteiger partial charge in [-0.2, -0.15) is 17.6 Å². The number of thiol groups is 1. The third-order valence-corrected chi connectivity index (χ3v) is 2.12. The van der Waals surface area contributed by atoms with Crippen LogP contribution in [0.15, 0.2) is 4.52 Å². The molecule has 1 rings (SSSR count). The van der Waals surface area contributed by atoms with Gasteiger partial charge in [-0.1, -0.05) is 0 Å². The first-order valence-electron chi connectivity index (χ1n) is 4.21. The molecule has 1 atom stereocenters. The fourth-order valence-corrected chi connectivity index (χ4v) is 1.02. The summed E-state index contributed by atoms with van der Waals surface area (Å²) in [6, 6.07) is -0.345. The predicted molar refractivity (Wildman–Crippen MR) is 55.4 cm³/mol. The average Bonchev–Trinajstić information content (AvgIpc) is 2.66. The second-order valence-electron chi connectivity index (χ2n) is 2.87. The maximum atomic E-state index is 8.70. The molecule has 14 heavy (non-hydrogen) atoms. The SMILES string of the molecule is CN(CCO)c1noc(C(N)CS)n1. The van der Waals surface area contributed by atoms with Crippen molar-refractivity contribution < 1.29 is 9.63 Å². The Labute approximate surface area is 87.5 Å². The van der Waals surface area contributed by atoms with Crippen molar-refractivity contribution in [3.63, 3.8) is 0 Å². The number of hydrogen-bond acceptors (Lipinski definition) is 7. The molecule has 1 unspecified atom stereocenters. The van der Waals surface area contributed by atoms with Crippen molar-refractivity contribution in [2.75, 3.05) is 30.9 Å². The van der Waals surface area contributed by atoms with Crippen LogP contribution >= 0.6 is 12.6 Å². The Morgan fingerprint density at radius 3 is 3.00 bits per heavy atom. The van der Waals surface area contributed by atoms with Crippen molar-refractivity contribution in [2.24, 2.45) is 5.73 Å². The van der Waals surface area contributed by atoms with E-state index in [0.29, 0.717) is 24.1 Å². The molecule has 3 N–H and O–H groups in total. The summed E-state index contributed by atoms with van der Waals surface area (Å²) in [5.74, 6) is 1.23. The molecular formula is C7H14N4O2S. The van der Waals surface area contributed by atoms with E-state index >= 15 is 0 Å². The van der Waals surface area contributed by atoms with Gasteiger partial charge >= 0.3 is 0 Å². The first kappa shape index (κ1) is 11.3. The molecule has 0 saturated carbocycles. The minimum absolute atomic E-state index is 0.0407. The van der Waals surface area contributed by atoms with Crippen LogP contribution in [0.2, 0.25) is 0 Å². The van der Waals surface area contributed by atoms with Gasteiger partial charge in [0, 0.05) is 19.3 Å². The molecule has 7 heteroatoms. The zero-order valence-corrected chi connectivity index (χ0v) is 8.81. The van der Waals surface area contributed by atoms with Crippen LogP contribution in [0.1, 0.15) is 11.9 Å². The second kappa shape index (κ2) is 5.18. The van der Waals surface area contributed by atoms with Crippen molar-refractivity contribution in [1.82, 2.24) is 10.1 Å². The van der Waals surface area contributed by atoms with Crippen LogP contribution in [0.25, 0.3) is 0 Å². The van der Waals surface area contributed by atoms with E-state index < -0.39 is 0 Å². The van der Waals surface area contributed by atoms with E-state index in [9.17, 15) is 0 Å². The fourth-order valence-electron chi connectivity index (χ4n) is 0.861. The summed E-state index contributed by atoms with van der Waals surface area (Å²) < 4.78 is 4.93. The highest BCUT2D eigenvalue weighted by molar-refractivity contribution is 7.80. The van der Waals surface area contributed by atoms with Gasteiger partial charge in [0.1, 0.15) is 0 Å². The number of aliphatic hydroxyl groups is 1. The van der Waals surface area contributed by atoms with Crippen molar-refractivity contribution in [1.29, 1.82) is 0 Å². The predicted octanol–water partition coefficient (Wildman–Crippen LogP) is -0.572. The number of nitrogens with two attached hydrogens (primary N) is 1. The van der Waals surface area contributed by atoms with Gasteiger partial charge in [-0.05, 0) is 5.16 Å². The summed E-state index contributed by atoms with van der Waals surface area (Å²) in [5.41, 5.74) is 5.64. The minimum Gasteiger partial charge on any atom is -0.395 e. The molecule has 1 heterocycles. The molecule has 0 radical (unpaired) electrons. The smallest absolute Gasteiger partial charge is 0.265 e. The van der Waals surface area contributed by atoms with Gasteiger partial charge in [0.15, 0.2) is 0 Å². The molecule has 6 nitrogen and oxygen atoms in total. The number of nitrogens with zero attached hydrogens (tertiary/aromatic N) is 3. The van der Waals surface area contributed by atoms with E-state index in [2.05, 4.69) is 22.8 Å². The molecule has 0 aliphatic carbocycles. The van der Waals surface area contributed by atoms with Crippen LogP contribution in [0.4, 0.5) is 5.95 Å². The summed E-state index contributed by atoms with van der Waals surface area (Å²) in [6.07, 6.45) is 0. The Morgan fingerprint density at radius 2 is 2.43 bits per heavy atom. The lowest BCUT2D eigenvalue weighted by Gasteiger charge is -2.10. The van der Waals surface area contributed by atoms with E-state index in [1.54, 1.807) is 11.9 Å². The second-order valence-corrected chi connectivity index (χ2v) is 3.23. The van der Waals surface area contributed by atoms with Crippen molar-refractivity contribution >= 4 is 18.6 Å². The summed E-state index contributed by atoms with van der Waals surface area (Å²) in [5, 5.41) is 12.4. The quantitative estimate of drug-likeness (QED) is 0.573. The highest BCUT2D eigenvalue weighted by atomic mass is 32.1. The molecule has 80 valence electrons. The Bertz CT molecular complexity index is 280. The maximum Gasteiger partial charge on any atom is 0.265 e. The van der Waals surface area contributed by atoms with Crippen LogP contribution < -0.4 is 10.6 Å². The molecule has 0 aromatic carbocycles. The lowest BCUT2D eigenvalue weighted by atomic mass is 10.4. The third kappa shape index (κ3) is 2.60. The highest BCUT2D eigenvalue weighted by Gasteiger charge is 2.14. The Hall–Kier alpha value is -0.790. The molecule has 0 fully saturated rings. The topological polar surface area (TPSA) is 88.4 Å². The average molecular weight is 218 g/mol. The van der Waals surface area contributed by atoms with E-state index in [-0.39, 0.29) is 12.6 Å². The molecule has 0 bridgehead atoms. The molecule has 1 aromatic heterocycles. The monoisotopic (exact) mass is 218 g/mol. The normalized spacial score (nSPS) is 12.9. The van der Waals surface area contributed by atoms with Gasteiger partial charge in [0.05, 0.1) is 12.6 Å². The van der Waals surface area contributed by atoms with Crippen molar-refractivity contribution in [2.45, 2.75) is 6.04 Å². The molecule has 0 saturated heterocycles. The summed E-state index contributed by atoms with van der Waals surface area (Å²) in [4.78, 5) is 5.74. The van der Waals surface area contributed by atoms with Gasteiger partial charge in [-0.3, -0.25) is 0 Å². The molecule has 0 spiro atoms. The summed E-state index contributed by atoms with van der Waals surface area (Å²) in [7, 11) is 1.76. The number of hydrogen-bond donors (Lipinski definition) is 3. The van der Waals surface area contributed by atoms with E-state index in [4.69, 9.17) is 15.4 Å². The Kier molecular flexibility index (Phi) is 4.18. The van der Waals surface area contributed by atoms with Crippen LogP contribution in [-0.2, 0) is 0 Å². The third-order valence-electron chi connectivity index (χ3n) is 1.72. The summed E-state index contributed by atoms with van der Waals surface area (Å²) >= 11 is 4.02. The van der Waals surface area contributed by atoms with Crippen molar-refractivity contribution in [3.8, 4) is 0 Å². The maximum absolute atomic E-state index is 8.70. The largest absolute Gasteiger partial charge is 0.395 e. The Morgan fingerprint density at radius 1 is 1.71 bits per heavy atom. The van der Waals surface area contributed by atoms with Gasteiger partial charge in [-0.15, -0.1) is 0 Å². The zero-order valence-electron chi connectivity index (χ0n) is 7.92. The first-order valence-corrected chi connectivity index (χ1v) is 4.84. The number of aromatic nitrogens is 2. The van der Waals surface area contributed by atoms with Crippen molar-refractivity contribution in [3.05, 3.63) is 5.89 Å². The van der Waals surface area contributed by atoms with Crippen LogP contribution in [0.3, 0.4) is 0 Å². The fraction of sp³-hybridized carbons (Fsp3) is 0.714. The molecule has 1 aromatic rings. The first-order chi connectivity index (χ1) is 6.69. The van der Waals surface area contributed by atoms with Gasteiger partial charge in [0.25, 0.3) is 5.95 Å². The summed E-state index contributed by atoms with van der Waals surface area (Å²) in [6.45, 7) is 0.494. The van der Waals surface area contributed by atoms with Crippen LogP contribution in [0, 0.1) is 0 Å². The number of anilines is 1. The highest BCUT2D eigenvalue weighted by Crippen LogP contribution is 2.13. The van der Waals surface area contributed by atoms with Gasteiger partial charge < -0.3 is 20.3 Å². The number of aliphatic hydroxyl groups excluding tert-OH is 1. The standard InChI is InChI=1S/C7H14N4O2S/c1-11(2-3-12)7-9-6(13-10-7)5(8)4-14/h5,12,14H,2-4,8H2,1H3. The molecule has 0 aliphatic rings. The van der Waals surface area contributed by atoms with Crippen LogP contribution in [0.5, 0.6) is 0 Å². The van der Waals surface area contributed by atoms with Gasteiger partial charge in [0.2, 0.25) is 5.89 Å².